The van der Waals surface area contributed by atoms with E-state index in [0.29, 0.717) is 42.7 Å². The molecule has 1 aromatic carbocycles. The molecule has 2 fully saturated rings. The van der Waals surface area contributed by atoms with Crippen molar-refractivity contribution in [3.05, 3.63) is 52.5 Å². The van der Waals surface area contributed by atoms with Gasteiger partial charge in [-0.2, -0.15) is 0 Å². The second kappa shape index (κ2) is 7.59. The summed E-state index contributed by atoms with van der Waals surface area (Å²) in [5, 5.41) is 5.71. The van der Waals surface area contributed by atoms with Crippen molar-refractivity contribution in [3.63, 3.8) is 0 Å². The van der Waals surface area contributed by atoms with Crippen LogP contribution < -0.4 is 10.6 Å². The fourth-order valence-electron chi connectivity index (χ4n) is 2.94. The van der Waals surface area contributed by atoms with E-state index in [9.17, 15) is 9.59 Å². The summed E-state index contributed by atoms with van der Waals surface area (Å²) in [5.41, 5.74) is 2.15. The monoisotopic (exact) mass is 399 g/mol. The maximum atomic E-state index is 12.5. The summed E-state index contributed by atoms with van der Waals surface area (Å²) < 4.78 is 5.29. The quantitative estimate of drug-likeness (QED) is 0.612. The third kappa shape index (κ3) is 3.92. The van der Waals surface area contributed by atoms with E-state index in [4.69, 9.17) is 17.0 Å². The minimum atomic E-state index is -0.221. The lowest BCUT2D eigenvalue weighted by Crippen LogP contribution is -2.40. The lowest BCUT2D eigenvalue weighted by Gasteiger charge is -2.26. The van der Waals surface area contributed by atoms with E-state index in [-0.39, 0.29) is 11.8 Å². The largest absolute Gasteiger partial charge is 0.378 e. The predicted octanol–water partition coefficient (Wildman–Crippen LogP) is 2.23. The number of nitrogens with one attached hydrogen (secondary N) is 2. The average Bonchev–Trinajstić information content (AvgIpc) is 3.28. The van der Waals surface area contributed by atoms with Crippen LogP contribution >= 0.6 is 23.6 Å². The van der Waals surface area contributed by atoms with E-state index in [1.54, 1.807) is 17.4 Å². The molecule has 6 nitrogen and oxygen atoms in total. The number of carbonyl (C=O) groups is 2. The van der Waals surface area contributed by atoms with E-state index in [2.05, 4.69) is 10.6 Å². The number of amides is 2. The lowest BCUT2D eigenvalue weighted by atomic mass is 10.1. The minimum Gasteiger partial charge on any atom is -0.378 e. The molecule has 0 spiro atoms. The van der Waals surface area contributed by atoms with Crippen LogP contribution in [0.3, 0.4) is 0 Å². The zero-order valence-electron chi connectivity index (χ0n) is 14.4. The SMILES string of the molecule is O=C1NC(=S)N/C1=C/c1ccc(-c2ccc(C(=O)N3CCOCC3)cc2)s1. The van der Waals surface area contributed by atoms with Crippen LogP contribution in [0.15, 0.2) is 42.1 Å². The second-order valence-corrected chi connectivity index (χ2v) is 7.67. The maximum Gasteiger partial charge on any atom is 0.273 e. The Morgan fingerprint density at radius 1 is 1.11 bits per heavy atom. The molecule has 27 heavy (non-hydrogen) atoms. The maximum absolute atomic E-state index is 12.5. The Hall–Kier alpha value is -2.55. The Labute approximate surface area is 165 Å². The summed E-state index contributed by atoms with van der Waals surface area (Å²) in [5.74, 6) is -0.184. The van der Waals surface area contributed by atoms with Crippen LogP contribution in [-0.4, -0.2) is 48.1 Å². The number of nitrogens with zero attached hydrogens (tertiary/aromatic N) is 1. The molecule has 2 aliphatic rings. The molecule has 2 aliphatic heterocycles. The highest BCUT2D eigenvalue weighted by Crippen LogP contribution is 2.30. The first-order valence-electron chi connectivity index (χ1n) is 8.51. The molecule has 2 saturated heterocycles. The topological polar surface area (TPSA) is 70.7 Å². The van der Waals surface area contributed by atoms with Gasteiger partial charge in [0.1, 0.15) is 5.70 Å². The van der Waals surface area contributed by atoms with E-state index < -0.39 is 0 Å². The Bertz CT molecular complexity index is 928. The zero-order valence-corrected chi connectivity index (χ0v) is 16.0. The molecule has 0 radical (unpaired) electrons. The number of hydrogen-bond donors (Lipinski definition) is 2. The molecule has 0 aliphatic carbocycles. The number of ether oxygens (including phenoxy) is 1. The third-order valence-corrected chi connectivity index (χ3v) is 5.63. The van der Waals surface area contributed by atoms with Crippen molar-refractivity contribution in [2.75, 3.05) is 26.3 Å². The van der Waals surface area contributed by atoms with Crippen molar-refractivity contribution < 1.29 is 14.3 Å². The van der Waals surface area contributed by atoms with Crippen molar-refractivity contribution in [1.82, 2.24) is 15.5 Å². The summed E-state index contributed by atoms with van der Waals surface area (Å²) in [6.07, 6.45) is 1.78. The third-order valence-electron chi connectivity index (χ3n) is 4.35. The molecular formula is C19H17N3O3S2. The van der Waals surface area contributed by atoms with Gasteiger partial charge in [-0.05, 0) is 48.1 Å². The van der Waals surface area contributed by atoms with Gasteiger partial charge in [-0.15, -0.1) is 11.3 Å². The van der Waals surface area contributed by atoms with Crippen LogP contribution in [0.1, 0.15) is 15.2 Å². The van der Waals surface area contributed by atoms with Gasteiger partial charge in [0.2, 0.25) is 0 Å². The van der Waals surface area contributed by atoms with Crippen LogP contribution in [0.5, 0.6) is 0 Å². The van der Waals surface area contributed by atoms with Gasteiger partial charge in [0.25, 0.3) is 11.8 Å². The number of benzene rings is 1. The molecule has 1 aromatic heterocycles. The van der Waals surface area contributed by atoms with Crippen molar-refractivity contribution in [2.45, 2.75) is 0 Å². The molecule has 0 unspecified atom stereocenters. The molecule has 2 N–H and O–H groups in total. The van der Waals surface area contributed by atoms with Gasteiger partial charge >= 0.3 is 0 Å². The van der Waals surface area contributed by atoms with E-state index in [1.165, 1.54) is 0 Å². The predicted molar refractivity (Wildman–Crippen MR) is 108 cm³/mol. The van der Waals surface area contributed by atoms with Gasteiger partial charge < -0.3 is 15.0 Å². The molecule has 4 rings (SSSR count). The van der Waals surface area contributed by atoms with Crippen LogP contribution in [0.25, 0.3) is 16.5 Å². The molecular weight excluding hydrogens is 382 g/mol. The number of rotatable bonds is 3. The van der Waals surface area contributed by atoms with Crippen molar-refractivity contribution in [1.29, 1.82) is 0 Å². The van der Waals surface area contributed by atoms with Crippen LogP contribution in [0, 0.1) is 0 Å². The van der Waals surface area contributed by atoms with Gasteiger partial charge in [-0.1, -0.05) is 12.1 Å². The number of carbonyl (C=O) groups excluding carboxylic acids is 2. The first-order chi connectivity index (χ1) is 13.1. The zero-order chi connectivity index (χ0) is 18.8. The van der Waals surface area contributed by atoms with Crippen LogP contribution in [0.2, 0.25) is 0 Å². The van der Waals surface area contributed by atoms with Gasteiger partial charge in [0, 0.05) is 28.4 Å². The Kier molecular flexibility index (Phi) is 5.02. The Balaban J connectivity index is 1.49. The van der Waals surface area contributed by atoms with Gasteiger partial charge in [0.15, 0.2) is 5.11 Å². The van der Waals surface area contributed by atoms with Gasteiger partial charge in [-0.25, -0.2) is 0 Å². The summed E-state index contributed by atoms with van der Waals surface area (Å²) in [6, 6.07) is 11.6. The number of hydrogen-bond acceptors (Lipinski definition) is 5. The average molecular weight is 399 g/mol. The van der Waals surface area contributed by atoms with Crippen LogP contribution in [0.4, 0.5) is 0 Å². The summed E-state index contributed by atoms with van der Waals surface area (Å²) in [6.45, 7) is 2.45. The van der Waals surface area contributed by atoms with E-state index >= 15 is 0 Å². The standard InChI is InChI=1S/C19H17N3O3S2/c23-17-15(20-19(26)21-17)11-14-5-6-16(27-14)12-1-3-13(4-2-12)18(24)22-7-9-25-10-8-22/h1-6,11H,7-10H2,(H2,20,21,23,26)/b15-11+. The van der Waals surface area contributed by atoms with Gasteiger partial charge in [-0.3, -0.25) is 14.9 Å². The fourth-order valence-corrected chi connectivity index (χ4v) is 4.10. The van der Waals surface area contributed by atoms with E-state index in [1.807, 2.05) is 41.3 Å². The summed E-state index contributed by atoms with van der Waals surface area (Å²) >= 11 is 6.50. The highest BCUT2D eigenvalue weighted by Gasteiger charge is 2.20. The molecule has 138 valence electrons. The highest BCUT2D eigenvalue weighted by atomic mass is 32.1. The Morgan fingerprint density at radius 2 is 1.85 bits per heavy atom. The molecule has 8 heteroatoms. The van der Waals surface area contributed by atoms with Crippen molar-refractivity contribution in [3.8, 4) is 10.4 Å². The second-order valence-electron chi connectivity index (χ2n) is 6.15. The van der Waals surface area contributed by atoms with E-state index in [0.717, 1.165) is 15.3 Å². The fraction of sp³-hybridized carbons (Fsp3) is 0.211. The molecule has 2 amide bonds. The van der Waals surface area contributed by atoms with Crippen LogP contribution in [-0.2, 0) is 9.53 Å². The van der Waals surface area contributed by atoms with Crippen molar-refractivity contribution in [2.24, 2.45) is 0 Å². The smallest absolute Gasteiger partial charge is 0.273 e. The lowest BCUT2D eigenvalue weighted by molar-refractivity contribution is -0.115. The Morgan fingerprint density at radius 3 is 2.52 bits per heavy atom. The number of morpholine rings is 1. The summed E-state index contributed by atoms with van der Waals surface area (Å²) in [4.78, 5) is 28.1. The normalized spacial score (nSPS) is 18.5. The molecule has 3 heterocycles. The number of thiocarbonyl (C=S) groups is 1. The highest BCUT2D eigenvalue weighted by molar-refractivity contribution is 7.80. The minimum absolute atomic E-state index is 0.0377. The first-order valence-corrected chi connectivity index (χ1v) is 9.74. The molecule has 2 aromatic rings. The van der Waals surface area contributed by atoms with Crippen molar-refractivity contribution >= 4 is 46.6 Å². The first kappa shape index (κ1) is 17.8. The summed E-state index contributed by atoms with van der Waals surface area (Å²) in [7, 11) is 0. The molecule has 0 saturated carbocycles. The van der Waals surface area contributed by atoms with Gasteiger partial charge in [0.05, 0.1) is 13.2 Å². The molecule has 0 bridgehead atoms. The molecule has 0 atom stereocenters. The number of thiophene rings is 1.